The summed E-state index contributed by atoms with van der Waals surface area (Å²) in [5.74, 6) is 1.28. The predicted octanol–water partition coefficient (Wildman–Crippen LogP) is 3.48. The Hall–Kier alpha value is -4.20. The molecular formula is C24H21N3O5. The molecule has 0 amide bonds. The minimum absolute atomic E-state index is 0.361. The third kappa shape index (κ3) is 2.91. The molecule has 32 heavy (non-hydrogen) atoms. The van der Waals surface area contributed by atoms with Gasteiger partial charge in [-0.05, 0) is 40.1 Å². The van der Waals surface area contributed by atoms with E-state index in [-0.39, 0.29) is 0 Å². The van der Waals surface area contributed by atoms with Crippen LogP contribution in [-0.4, -0.2) is 31.3 Å². The van der Waals surface area contributed by atoms with Gasteiger partial charge in [0.05, 0.1) is 26.9 Å². The van der Waals surface area contributed by atoms with Crippen molar-refractivity contribution in [3.05, 3.63) is 86.1 Å². The molecule has 8 heteroatoms. The van der Waals surface area contributed by atoms with E-state index >= 15 is 0 Å². The smallest absolute Gasteiger partial charge is 0.327 e. The summed E-state index contributed by atoms with van der Waals surface area (Å²) in [6, 6.07) is 15.6. The molecule has 4 aromatic rings. The molecule has 8 nitrogen and oxygen atoms in total. The summed E-state index contributed by atoms with van der Waals surface area (Å²) in [6.45, 7) is 0. The van der Waals surface area contributed by atoms with Gasteiger partial charge in [0, 0.05) is 11.6 Å². The fourth-order valence-electron chi connectivity index (χ4n) is 4.47. The Kier molecular flexibility index (Phi) is 4.62. The summed E-state index contributed by atoms with van der Waals surface area (Å²) in [4.78, 5) is 30.1. The molecule has 0 bridgehead atoms. The molecule has 1 aliphatic rings. The van der Waals surface area contributed by atoms with Crippen molar-refractivity contribution in [2.75, 3.05) is 26.6 Å². The molecule has 2 heterocycles. The average molecular weight is 431 g/mol. The van der Waals surface area contributed by atoms with Gasteiger partial charge in [0.2, 0.25) is 5.75 Å². The Morgan fingerprint density at radius 3 is 2.22 bits per heavy atom. The maximum atomic E-state index is 13.0. The number of H-pyrrole nitrogens is 2. The third-order valence-corrected chi connectivity index (χ3v) is 5.81. The minimum Gasteiger partial charge on any atom is -0.493 e. The van der Waals surface area contributed by atoms with Gasteiger partial charge in [-0.1, -0.05) is 30.3 Å². The molecule has 0 saturated carbocycles. The quantitative estimate of drug-likeness (QED) is 0.402. The molecule has 0 spiro atoms. The van der Waals surface area contributed by atoms with Crippen molar-refractivity contribution in [1.29, 1.82) is 0 Å². The van der Waals surface area contributed by atoms with Crippen LogP contribution in [0.25, 0.3) is 10.8 Å². The van der Waals surface area contributed by atoms with E-state index in [2.05, 4.69) is 15.3 Å². The van der Waals surface area contributed by atoms with Gasteiger partial charge in [-0.15, -0.1) is 0 Å². The lowest BCUT2D eigenvalue weighted by Gasteiger charge is -2.30. The number of hydrogen-bond acceptors (Lipinski definition) is 6. The van der Waals surface area contributed by atoms with Crippen molar-refractivity contribution in [2.45, 2.75) is 5.92 Å². The van der Waals surface area contributed by atoms with Gasteiger partial charge in [0.15, 0.2) is 11.5 Å². The van der Waals surface area contributed by atoms with E-state index in [0.717, 1.165) is 27.6 Å². The number of methoxy groups -OCH3 is 3. The fourth-order valence-corrected chi connectivity index (χ4v) is 4.47. The number of anilines is 2. The van der Waals surface area contributed by atoms with Gasteiger partial charge in [-0.3, -0.25) is 14.8 Å². The highest BCUT2D eigenvalue weighted by atomic mass is 16.5. The summed E-state index contributed by atoms with van der Waals surface area (Å²) < 4.78 is 16.6. The maximum absolute atomic E-state index is 13.0. The van der Waals surface area contributed by atoms with E-state index in [9.17, 15) is 9.59 Å². The Morgan fingerprint density at radius 2 is 1.53 bits per heavy atom. The van der Waals surface area contributed by atoms with Gasteiger partial charge < -0.3 is 19.5 Å². The lowest BCUT2D eigenvalue weighted by atomic mass is 9.80. The summed E-state index contributed by atoms with van der Waals surface area (Å²) >= 11 is 0. The molecule has 5 rings (SSSR count). The molecular weight excluding hydrogens is 410 g/mol. The highest BCUT2D eigenvalue weighted by molar-refractivity contribution is 5.94. The Bertz CT molecular complexity index is 1450. The zero-order valence-electron chi connectivity index (χ0n) is 17.7. The average Bonchev–Trinajstić information content (AvgIpc) is 2.81. The second kappa shape index (κ2) is 7.49. The van der Waals surface area contributed by atoms with Gasteiger partial charge in [0.25, 0.3) is 5.56 Å². The molecule has 1 atom stereocenters. The van der Waals surface area contributed by atoms with E-state index in [1.54, 1.807) is 14.2 Å². The van der Waals surface area contributed by atoms with E-state index < -0.39 is 17.2 Å². The van der Waals surface area contributed by atoms with Crippen LogP contribution in [0.5, 0.6) is 17.2 Å². The molecule has 0 fully saturated rings. The van der Waals surface area contributed by atoms with Crippen LogP contribution in [0.1, 0.15) is 22.6 Å². The normalized spacial score (nSPS) is 14.3. The zero-order valence-corrected chi connectivity index (χ0v) is 17.7. The second-order valence-electron chi connectivity index (χ2n) is 7.46. The first-order valence-corrected chi connectivity index (χ1v) is 10.0. The van der Waals surface area contributed by atoms with Crippen molar-refractivity contribution >= 4 is 22.3 Å². The first-order valence-electron chi connectivity index (χ1n) is 10.0. The molecule has 3 aromatic carbocycles. The van der Waals surface area contributed by atoms with Crippen molar-refractivity contribution < 1.29 is 14.2 Å². The number of hydrogen-bond donors (Lipinski definition) is 3. The molecule has 0 saturated heterocycles. The number of rotatable bonds is 4. The van der Waals surface area contributed by atoms with Crippen LogP contribution in [0.15, 0.2) is 58.1 Å². The van der Waals surface area contributed by atoms with E-state index in [0.29, 0.717) is 28.6 Å². The van der Waals surface area contributed by atoms with Gasteiger partial charge in [-0.25, -0.2) is 4.79 Å². The first kappa shape index (κ1) is 19.7. The van der Waals surface area contributed by atoms with Crippen LogP contribution < -0.4 is 30.8 Å². The molecule has 0 radical (unpaired) electrons. The van der Waals surface area contributed by atoms with Crippen LogP contribution in [0.2, 0.25) is 0 Å². The zero-order chi connectivity index (χ0) is 22.4. The summed E-state index contributed by atoms with van der Waals surface area (Å²) in [5, 5.41) is 5.26. The summed E-state index contributed by atoms with van der Waals surface area (Å²) in [6.07, 6.45) is 0. The van der Waals surface area contributed by atoms with Crippen molar-refractivity contribution in [3.8, 4) is 17.2 Å². The fraction of sp³-hybridized carbons (Fsp3) is 0.167. The number of aromatic amines is 2. The predicted molar refractivity (Wildman–Crippen MR) is 122 cm³/mol. The SMILES string of the molecule is COc1cc([C@@H]2c3c([nH]c(=O)[nH]c3=O)Nc3ccc4ccccc4c32)cc(OC)c1OC. The molecule has 0 unspecified atom stereocenters. The van der Waals surface area contributed by atoms with E-state index in [1.807, 2.05) is 48.5 Å². The topological polar surface area (TPSA) is 105 Å². The lowest BCUT2D eigenvalue weighted by molar-refractivity contribution is 0.323. The Labute approximate surface area is 182 Å². The molecule has 3 N–H and O–H groups in total. The monoisotopic (exact) mass is 431 g/mol. The highest BCUT2D eigenvalue weighted by Gasteiger charge is 2.33. The third-order valence-electron chi connectivity index (χ3n) is 5.81. The number of benzene rings is 3. The van der Waals surface area contributed by atoms with E-state index in [1.165, 1.54) is 7.11 Å². The van der Waals surface area contributed by atoms with Crippen molar-refractivity contribution in [3.63, 3.8) is 0 Å². The van der Waals surface area contributed by atoms with Crippen LogP contribution in [0.4, 0.5) is 11.5 Å². The van der Waals surface area contributed by atoms with Crippen molar-refractivity contribution in [2.24, 2.45) is 0 Å². The number of nitrogens with one attached hydrogen (secondary N) is 3. The summed E-state index contributed by atoms with van der Waals surface area (Å²) in [7, 11) is 4.63. The molecule has 0 aliphatic carbocycles. The minimum atomic E-state index is -0.575. The van der Waals surface area contributed by atoms with Gasteiger partial charge in [0.1, 0.15) is 5.82 Å². The highest BCUT2D eigenvalue weighted by Crippen LogP contribution is 2.48. The van der Waals surface area contributed by atoms with Crippen LogP contribution in [0, 0.1) is 0 Å². The molecule has 1 aromatic heterocycles. The maximum Gasteiger partial charge on any atom is 0.327 e. The standard InChI is InChI=1S/C24H21N3O5/c1-30-16-10-13(11-17(31-2)21(16)32-3)18-19-14-7-5-4-6-12(14)8-9-15(19)25-22-20(18)23(28)27-24(29)26-22/h4-11,18H,1-3H3,(H3,25,26,27,28,29)/t18-/m0/s1. The van der Waals surface area contributed by atoms with Gasteiger partial charge in [-0.2, -0.15) is 0 Å². The van der Waals surface area contributed by atoms with Gasteiger partial charge >= 0.3 is 5.69 Å². The first-order chi connectivity index (χ1) is 15.5. The van der Waals surface area contributed by atoms with Crippen LogP contribution in [0.3, 0.4) is 0 Å². The summed E-state index contributed by atoms with van der Waals surface area (Å²) in [5.41, 5.74) is 1.85. The Morgan fingerprint density at radius 1 is 0.812 bits per heavy atom. The molecule has 1 aliphatic heterocycles. The Balaban J connectivity index is 1.90. The largest absolute Gasteiger partial charge is 0.493 e. The number of ether oxygens (including phenoxy) is 3. The van der Waals surface area contributed by atoms with Crippen molar-refractivity contribution in [1.82, 2.24) is 9.97 Å². The molecule has 162 valence electrons. The number of fused-ring (bicyclic) bond motifs is 4. The van der Waals surface area contributed by atoms with Crippen LogP contribution in [-0.2, 0) is 0 Å². The number of aromatic nitrogens is 2. The second-order valence-corrected chi connectivity index (χ2v) is 7.46. The van der Waals surface area contributed by atoms with Crippen LogP contribution >= 0.6 is 0 Å². The lowest BCUT2D eigenvalue weighted by Crippen LogP contribution is -2.32. The van der Waals surface area contributed by atoms with E-state index in [4.69, 9.17) is 14.2 Å².